The quantitative estimate of drug-likeness (QED) is 0.732. The average molecular weight is 419 g/mol. The minimum Gasteiger partial charge on any atom is -0.497 e. The first-order valence-corrected chi connectivity index (χ1v) is 11.0. The molecular formula is C26H30N2O3. The van der Waals surface area contributed by atoms with Crippen molar-refractivity contribution in [2.24, 2.45) is 5.41 Å². The van der Waals surface area contributed by atoms with Crippen LogP contribution < -0.4 is 10.1 Å². The number of piperidine rings is 1. The predicted molar refractivity (Wildman–Crippen MR) is 120 cm³/mol. The third-order valence-corrected chi connectivity index (χ3v) is 6.46. The molecule has 1 N–H and O–H groups in total. The van der Waals surface area contributed by atoms with E-state index >= 15 is 0 Å². The summed E-state index contributed by atoms with van der Waals surface area (Å²) in [5, 5.41) is 3.17. The molecule has 1 heterocycles. The van der Waals surface area contributed by atoms with Crippen LogP contribution in [0.25, 0.3) is 0 Å². The first-order valence-electron chi connectivity index (χ1n) is 11.0. The van der Waals surface area contributed by atoms with Crippen molar-refractivity contribution in [1.29, 1.82) is 0 Å². The van der Waals surface area contributed by atoms with Crippen LogP contribution in [0, 0.1) is 5.41 Å². The zero-order valence-corrected chi connectivity index (χ0v) is 18.1. The maximum atomic E-state index is 12.8. The average Bonchev–Trinajstić information content (AvgIpc) is 2.81. The zero-order chi connectivity index (χ0) is 21.7. The number of benzene rings is 2. The van der Waals surface area contributed by atoms with Crippen LogP contribution in [0.1, 0.15) is 43.2 Å². The number of methoxy groups -OCH3 is 1. The van der Waals surface area contributed by atoms with Gasteiger partial charge in [-0.25, -0.2) is 0 Å². The topological polar surface area (TPSA) is 58.6 Å². The van der Waals surface area contributed by atoms with E-state index in [1.165, 1.54) is 0 Å². The summed E-state index contributed by atoms with van der Waals surface area (Å²) in [6.07, 6.45) is 6.92. The first-order chi connectivity index (χ1) is 15.1. The number of fused-ring (bicyclic) bond motifs is 1. The Morgan fingerprint density at radius 3 is 2.71 bits per heavy atom. The summed E-state index contributed by atoms with van der Waals surface area (Å²) >= 11 is 0. The van der Waals surface area contributed by atoms with Gasteiger partial charge in [-0.1, -0.05) is 48.5 Å². The fraction of sp³-hybridized carbons (Fsp3) is 0.385. The molecule has 0 radical (unpaired) electrons. The van der Waals surface area contributed by atoms with Crippen LogP contribution in [0.2, 0.25) is 0 Å². The van der Waals surface area contributed by atoms with Crippen molar-refractivity contribution in [3.63, 3.8) is 0 Å². The number of nitrogens with one attached hydrogen (secondary N) is 1. The van der Waals surface area contributed by atoms with Crippen LogP contribution in [0.4, 0.5) is 0 Å². The highest BCUT2D eigenvalue weighted by atomic mass is 16.5. The molecule has 2 aromatic rings. The minimum absolute atomic E-state index is 0.000870. The van der Waals surface area contributed by atoms with Crippen molar-refractivity contribution in [1.82, 2.24) is 10.2 Å². The summed E-state index contributed by atoms with van der Waals surface area (Å²) < 4.78 is 5.26. The Bertz CT molecular complexity index is 970. The number of amides is 2. The fourth-order valence-corrected chi connectivity index (χ4v) is 4.79. The van der Waals surface area contributed by atoms with Crippen molar-refractivity contribution < 1.29 is 14.3 Å². The highest BCUT2D eigenvalue weighted by Crippen LogP contribution is 2.46. The van der Waals surface area contributed by atoms with Gasteiger partial charge >= 0.3 is 0 Å². The lowest BCUT2D eigenvalue weighted by atomic mass is 9.69. The maximum absolute atomic E-state index is 12.8. The summed E-state index contributed by atoms with van der Waals surface area (Å²) in [7, 11) is 1.63. The molecule has 1 saturated heterocycles. The van der Waals surface area contributed by atoms with Crippen LogP contribution in [0.3, 0.4) is 0 Å². The third-order valence-electron chi connectivity index (χ3n) is 6.46. The number of carbonyl (C=O) groups is 2. The standard InChI is InChI=1S/C26H30N2O3/c1-31-22-11-7-10-21(16-22)17-24(29)27-19-26-14-6-5-12-23(26)28(25(30)13-15-26)18-20-8-3-2-4-9-20/h2-4,7-12,16H,5-6,13-15,17-19H2,1H3,(H,27,29). The highest BCUT2D eigenvalue weighted by Gasteiger charge is 2.44. The van der Waals surface area contributed by atoms with Crippen LogP contribution in [0.15, 0.2) is 66.4 Å². The second-order valence-electron chi connectivity index (χ2n) is 8.53. The van der Waals surface area contributed by atoms with E-state index < -0.39 is 0 Å². The number of nitrogens with zero attached hydrogens (tertiary/aromatic N) is 1. The Morgan fingerprint density at radius 2 is 1.90 bits per heavy atom. The molecule has 162 valence electrons. The highest BCUT2D eigenvalue weighted by molar-refractivity contribution is 5.81. The summed E-state index contributed by atoms with van der Waals surface area (Å²) in [5.74, 6) is 0.929. The predicted octanol–water partition coefficient (Wildman–Crippen LogP) is 4.23. The van der Waals surface area contributed by atoms with Gasteiger partial charge < -0.3 is 15.0 Å². The molecule has 2 aromatic carbocycles. The Labute approximate surface area is 184 Å². The number of hydrogen-bond acceptors (Lipinski definition) is 3. The van der Waals surface area contributed by atoms with Gasteiger partial charge in [0.25, 0.3) is 0 Å². The Balaban J connectivity index is 1.46. The number of carbonyl (C=O) groups excluding carboxylic acids is 2. The maximum Gasteiger partial charge on any atom is 0.227 e. The SMILES string of the molecule is COc1cccc(CC(=O)NCC23CCCC=C2N(Cc2ccccc2)C(=O)CC3)c1. The lowest BCUT2D eigenvalue weighted by Gasteiger charge is -2.47. The van der Waals surface area contributed by atoms with Gasteiger partial charge in [-0.2, -0.15) is 0 Å². The van der Waals surface area contributed by atoms with Crippen molar-refractivity contribution >= 4 is 11.8 Å². The van der Waals surface area contributed by atoms with Gasteiger partial charge in [0.2, 0.25) is 11.8 Å². The molecule has 2 aliphatic rings. The van der Waals surface area contributed by atoms with E-state index in [0.29, 0.717) is 25.9 Å². The van der Waals surface area contributed by atoms with Crippen LogP contribution >= 0.6 is 0 Å². The van der Waals surface area contributed by atoms with Gasteiger partial charge in [-0.3, -0.25) is 9.59 Å². The number of likely N-dealkylation sites (tertiary alicyclic amines) is 1. The molecule has 5 heteroatoms. The number of allylic oxidation sites excluding steroid dienone is 1. The second kappa shape index (κ2) is 9.38. The molecule has 5 nitrogen and oxygen atoms in total. The summed E-state index contributed by atoms with van der Waals surface area (Å²) in [6.45, 7) is 1.16. The van der Waals surface area contributed by atoms with E-state index in [2.05, 4.69) is 23.5 Å². The van der Waals surface area contributed by atoms with E-state index in [9.17, 15) is 9.59 Å². The molecule has 31 heavy (non-hydrogen) atoms. The van der Waals surface area contributed by atoms with Crippen molar-refractivity contribution in [3.8, 4) is 5.75 Å². The molecule has 1 aliphatic heterocycles. The Kier molecular flexibility index (Phi) is 6.40. The van der Waals surface area contributed by atoms with Crippen molar-refractivity contribution in [3.05, 3.63) is 77.5 Å². The molecule has 1 fully saturated rings. The van der Waals surface area contributed by atoms with Gasteiger partial charge in [0.05, 0.1) is 20.1 Å². The van der Waals surface area contributed by atoms with Crippen molar-refractivity contribution in [2.75, 3.05) is 13.7 Å². The van der Waals surface area contributed by atoms with E-state index in [0.717, 1.165) is 48.3 Å². The lowest BCUT2D eigenvalue weighted by molar-refractivity contribution is -0.134. The largest absolute Gasteiger partial charge is 0.497 e. The molecular weight excluding hydrogens is 388 g/mol. The molecule has 2 amide bonds. The monoisotopic (exact) mass is 418 g/mol. The van der Waals surface area contributed by atoms with Gasteiger partial charge in [-0.05, 0) is 48.9 Å². The van der Waals surface area contributed by atoms with E-state index in [1.54, 1.807) is 7.11 Å². The summed E-state index contributed by atoms with van der Waals surface area (Å²) in [4.78, 5) is 27.5. The van der Waals surface area contributed by atoms with Gasteiger partial charge in [0.15, 0.2) is 0 Å². The first kappa shape index (κ1) is 21.2. The molecule has 0 aromatic heterocycles. The molecule has 0 bridgehead atoms. The van der Waals surface area contributed by atoms with E-state index in [4.69, 9.17) is 4.74 Å². The lowest BCUT2D eigenvalue weighted by Crippen LogP contribution is -2.50. The van der Waals surface area contributed by atoms with Gasteiger partial charge in [-0.15, -0.1) is 0 Å². The zero-order valence-electron chi connectivity index (χ0n) is 18.1. The number of hydrogen-bond donors (Lipinski definition) is 1. The van der Waals surface area contributed by atoms with Crippen molar-refractivity contribution in [2.45, 2.75) is 45.1 Å². The molecule has 1 unspecified atom stereocenters. The van der Waals surface area contributed by atoms with Crippen LogP contribution in [0.5, 0.6) is 5.75 Å². The Morgan fingerprint density at radius 1 is 1.10 bits per heavy atom. The number of rotatable bonds is 7. The second-order valence-corrected chi connectivity index (χ2v) is 8.53. The van der Waals surface area contributed by atoms with E-state index in [-0.39, 0.29) is 17.2 Å². The van der Waals surface area contributed by atoms with Crippen LogP contribution in [-0.2, 0) is 22.6 Å². The molecule has 0 spiro atoms. The molecule has 4 rings (SSSR count). The molecule has 1 atom stereocenters. The normalized spacial score (nSPS) is 20.6. The smallest absolute Gasteiger partial charge is 0.227 e. The molecule has 1 aliphatic carbocycles. The Hall–Kier alpha value is -3.08. The van der Waals surface area contributed by atoms with Gasteiger partial charge in [0, 0.05) is 24.1 Å². The van der Waals surface area contributed by atoms with Crippen LogP contribution in [-0.4, -0.2) is 30.4 Å². The van der Waals surface area contributed by atoms with Gasteiger partial charge in [0.1, 0.15) is 5.75 Å². The van der Waals surface area contributed by atoms with E-state index in [1.807, 2.05) is 47.4 Å². The third kappa shape index (κ3) is 4.82. The minimum atomic E-state index is -0.162. The summed E-state index contributed by atoms with van der Waals surface area (Å²) in [5.41, 5.74) is 2.99. The fourth-order valence-electron chi connectivity index (χ4n) is 4.79. The number of ether oxygens (including phenoxy) is 1. The molecule has 0 saturated carbocycles. The summed E-state index contributed by atoms with van der Waals surface area (Å²) in [6, 6.07) is 17.7.